The highest BCUT2D eigenvalue weighted by atomic mass is 19.4. The van der Waals surface area contributed by atoms with E-state index in [9.17, 15) is 18.0 Å². The van der Waals surface area contributed by atoms with Crippen molar-refractivity contribution in [1.82, 2.24) is 19.8 Å². The van der Waals surface area contributed by atoms with E-state index >= 15 is 0 Å². The molecule has 2 aromatic rings. The molecule has 2 heterocycles. The van der Waals surface area contributed by atoms with E-state index in [4.69, 9.17) is 5.26 Å². The van der Waals surface area contributed by atoms with Gasteiger partial charge in [0.2, 0.25) is 5.95 Å². The number of carbonyl (C=O) groups excluding carboxylic acids is 1. The Hall–Kier alpha value is -3.39. The molecule has 0 spiro atoms. The number of nitrogens with zero attached hydrogens (tertiary/aromatic N) is 5. The van der Waals surface area contributed by atoms with Crippen LogP contribution in [-0.4, -0.2) is 64.9 Å². The summed E-state index contributed by atoms with van der Waals surface area (Å²) in [5, 5.41) is 14.9. The van der Waals surface area contributed by atoms with Crippen LogP contribution < -0.4 is 10.6 Å². The molecule has 1 unspecified atom stereocenters. The molecule has 1 aromatic heterocycles. The molecule has 2 aliphatic rings. The van der Waals surface area contributed by atoms with Crippen molar-refractivity contribution in [2.24, 2.45) is 5.92 Å². The van der Waals surface area contributed by atoms with Gasteiger partial charge in [-0.1, -0.05) is 6.42 Å². The number of rotatable bonds is 7. The van der Waals surface area contributed by atoms with Crippen LogP contribution in [-0.2, 0) is 6.18 Å². The molecular formula is C26H32F3N7O. The molecule has 11 heteroatoms. The topological polar surface area (TPSA) is 97.2 Å². The lowest BCUT2D eigenvalue weighted by molar-refractivity contribution is -0.137. The first-order valence-electron chi connectivity index (χ1n) is 12.6. The highest BCUT2D eigenvalue weighted by molar-refractivity contribution is 5.94. The van der Waals surface area contributed by atoms with Gasteiger partial charge in [0.15, 0.2) is 0 Å². The number of carbonyl (C=O) groups is 1. The number of alkyl halides is 3. The van der Waals surface area contributed by atoms with E-state index in [1.165, 1.54) is 0 Å². The normalized spacial score (nSPS) is 20.9. The smallest absolute Gasteiger partial charge is 0.366 e. The lowest BCUT2D eigenvalue weighted by atomic mass is 10.0. The number of hydrogen-bond donors (Lipinski definition) is 2. The van der Waals surface area contributed by atoms with Crippen molar-refractivity contribution in [3.05, 3.63) is 41.6 Å². The molecule has 1 saturated heterocycles. The summed E-state index contributed by atoms with van der Waals surface area (Å²) in [6, 6.07) is 8.80. The molecule has 1 saturated carbocycles. The van der Waals surface area contributed by atoms with E-state index < -0.39 is 11.7 Å². The lowest BCUT2D eigenvalue weighted by Crippen LogP contribution is -2.44. The Kier molecular flexibility index (Phi) is 8.17. The minimum atomic E-state index is -4.62. The van der Waals surface area contributed by atoms with Crippen LogP contribution in [0.15, 0.2) is 30.5 Å². The Morgan fingerprint density at radius 1 is 1.19 bits per heavy atom. The van der Waals surface area contributed by atoms with Crippen LogP contribution in [0.5, 0.6) is 0 Å². The number of benzene rings is 1. The minimum absolute atomic E-state index is 0.00727. The molecular weight excluding hydrogens is 483 g/mol. The quantitative estimate of drug-likeness (QED) is 0.541. The minimum Gasteiger partial charge on any atom is -0.366 e. The molecule has 2 N–H and O–H groups in total. The molecule has 8 nitrogen and oxygen atoms in total. The Morgan fingerprint density at radius 3 is 2.54 bits per heavy atom. The molecule has 1 aliphatic heterocycles. The van der Waals surface area contributed by atoms with Gasteiger partial charge >= 0.3 is 6.18 Å². The van der Waals surface area contributed by atoms with Gasteiger partial charge in [0, 0.05) is 43.0 Å². The third-order valence-corrected chi connectivity index (χ3v) is 7.37. The number of nitriles is 1. The maximum atomic E-state index is 13.6. The van der Waals surface area contributed by atoms with E-state index in [1.807, 2.05) is 7.05 Å². The average molecular weight is 516 g/mol. The maximum Gasteiger partial charge on any atom is 0.421 e. The summed E-state index contributed by atoms with van der Waals surface area (Å²) in [5.74, 6) is -0.378. The highest BCUT2D eigenvalue weighted by Crippen LogP contribution is 2.37. The van der Waals surface area contributed by atoms with Crippen molar-refractivity contribution in [2.75, 3.05) is 37.8 Å². The summed E-state index contributed by atoms with van der Waals surface area (Å²) >= 11 is 0. The fourth-order valence-electron chi connectivity index (χ4n) is 5.10. The van der Waals surface area contributed by atoms with Crippen molar-refractivity contribution >= 4 is 23.4 Å². The predicted octanol–water partition coefficient (Wildman–Crippen LogP) is 4.90. The first kappa shape index (κ1) is 26.7. The van der Waals surface area contributed by atoms with Gasteiger partial charge in [-0.15, -0.1) is 0 Å². The molecule has 0 radical (unpaired) electrons. The first-order valence-corrected chi connectivity index (χ1v) is 12.6. The zero-order valence-corrected chi connectivity index (χ0v) is 21.1. The SMILES string of the molecule is CN1CCC(N(C)C(=O)c2ccc(Nc3ncc(C(F)(F)F)c(NC4CCC[C@@H]4CC#N)n3)cc2)CC1. The van der Waals surface area contributed by atoms with Crippen molar-refractivity contribution in [1.29, 1.82) is 5.26 Å². The van der Waals surface area contributed by atoms with Gasteiger partial charge in [-0.3, -0.25) is 4.79 Å². The monoisotopic (exact) mass is 515 g/mol. The molecule has 0 bridgehead atoms. The van der Waals surface area contributed by atoms with Gasteiger partial charge in [-0.2, -0.15) is 23.4 Å². The Labute approximate surface area is 214 Å². The number of nitrogens with one attached hydrogen (secondary N) is 2. The molecule has 1 amide bonds. The number of amides is 1. The van der Waals surface area contributed by atoms with E-state index in [1.54, 1.807) is 29.2 Å². The van der Waals surface area contributed by atoms with Crippen molar-refractivity contribution in [2.45, 2.75) is 56.8 Å². The number of anilines is 3. The van der Waals surface area contributed by atoms with Gasteiger partial charge < -0.3 is 20.4 Å². The summed E-state index contributed by atoms with van der Waals surface area (Å²) in [4.78, 5) is 25.0. The largest absolute Gasteiger partial charge is 0.421 e. The Balaban J connectivity index is 1.46. The molecule has 4 rings (SSSR count). The van der Waals surface area contributed by atoms with Crippen molar-refractivity contribution in [3.63, 3.8) is 0 Å². The molecule has 198 valence electrons. The van der Waals surface area contributed by atoms with E-state index in [-0.39, 0.29) is 42.1 Å². The second-order valence-corrected chi connectivity index (χ2v) is 9.91. The van der Waals surface area contributed by atoms with Crippen LogP contribution >= 0.6 is 0 Å². The summed E-state index contributed by atoms with van der Waals surface area (Å²) in [6.07, 6.45) is 0.605. The summed E-state index contributed by atoms with van der Waals surface area (Å²) in [7, 11) is 3.89. The molecule has 1 aliphatic carbocycles. The second kappa shape index (κ2) is 11.3. The van der Waals surface area contributed by atoms with E-state index in [0.717, 1.165) is 45.0 Å². The standard InChI is InChI=1S/C26H32F3N7O/c1-35-14-11-20(12-15-35)36(2)24(37)18-6-8-19(9-7-18)32-25-31-16-21(26(27,28)29)23(34-25)33-22-5-3-4-17(22)10-13-30/h6-9,16-17,20,22H,3-5,10-12,14-15H2,1-2H3,(H2,31,32,33,34)/t17-,22?/m1/s1. The molecule has 2 fully saturated rings. The van der Waals surface area contributed by atoms with Crippen LogP contribution in [0.4, 0.5) is 30.6 Å². The second-order valence-electron chi connectivity index (χ2n) is 9.91. The molecule has 1 aromatic carbocycles. The van der Waals surface area contributed by atoms with E-state index in [0.29, 0.717) is 17.7 Å². The number of aromatic nitrogens is 2. The van der Waals surface area contributed by atoms with E-state index in [2.05, 4.69) is 38.6 Å². The molecule has 2 atom stereocenters. The number of likely N-dealkylation sites (tertiary alicyclic amines) is 1. The van der Waals surface area contributed by atoms with Crippen LogP contribution in [0.25, 0.3) is 0 Å². The maximum absolute atomic E-state index is 13.6. The number of halogens is 3. The fourth-order valence-corrected chi connectivity index (χ4v) is 5.10. The van der Waals surface area contributed by atoms with Crippen LogP contribution in [0, 0.1) is 17.2 Å². The summed E-state index contributed by atoms with van der Waals surface area (Å²) < 4.78 is 40.9. The van der Waals surface area contributed by atoms with Gasteiger partial charge in [0.05, 0.1) is 6.07 Å². The van der Waals surface area contributed by atoms with Crippen molar-refractivity contribution in [3.8, 4) is 6.07 Å². The predicted molar refractivity (Wildman–Crippen MR) is 134 cm³/mol. The Bertz CT molecular complexity index is 1120. The molecule has 37 heavy (non-hydrogen) atoms. The average Bonchev–Trinajstić information content (AvgIpc) is 3.30. The summed E-state index contributed by atoms with van der Waals surface area (Å²) in [5.41, 5.74) is 0.137. The zero-order valence-electron chi connectivity index (χ0n) is 21.1. The van der Waals surface area contributed by atoms with Gasteiger partial charge in [-0.05, 0) is 76.0 Å². The number of hydrogen-bond acceptors (Lipinski definition) is 7. The third-order valence-electron chi connectivity index (χ3n) is 7.37. The highest BCUT2D eigenvalue weighted by Gasteiger charge is 2.37. The lowest BCUT2D eigenvalue weighted by Gasteiger charge is -2.35. The van der Waals surface area contributed by atoms with Gasteiger partial charge in [0.25, 0.3) is 5.91 Å². The van der Waals surface area contributed by atoms with Crippen LogP contribution in [0.3, 0.4) is 0 Å². The number of piperidine rings is 1. The zero-order chi connectivity index (χ0) is 26.6. The van der Waals surface area contributed by atoms with Crippen molar-refractivity contribution < 1.29 is 18.0 Å². The first-order chi connectivity index (χ1) is 17.7. The van der Waals surface area contributed by atoms with Crippen LogP contribution in [0.2, 0.25) is 0 Å². The third kappa shape index (κ3) is 6.49. The Morgan fingerprint density at radius 2 is 1.89 bits per heavy atom. The fraction of sp³-hybridized carbons (Fsp3) is 0.538. The van der Waals surface area contributed by atoms with Crippen LogP contribution in [0.1, 0.15) is 54.4 Å². The van der Waals surface area contributed by atoms with Gasteiger partial charge in [-0.25, -0.2) is 4.98 Å². The van der Waals surface area contributed by atoms with Gasteiger partial charge in [0.1, 0.15) is 11.4 Å². The summed E-state index contributed by atoms with van der Waals surface area (Å²) in [6.45, 7) is 1.91.